The molecule has 0 radical (unpaired) electrons. The molecule has 1 fully saturated rings. The van der Waals surface area contributed by atoms with E-state index in [2.05, 4.69) is 46.5 Å². The predicted molar refractivity (Wildman–Crippen MR) is 82.5 cm³/mol. The first-order valence-electron chi connectivity index (χ1n) is 7.39. The number of likely N-dealkylation sites (N-methyl/N-ethyl adjacent to an activating group) is 1. The zero-order valence-corrected chi connectivity index (χ0v) is 12.4. The van der Waals surface area contributed by atoms with E-state index in [0.717, 1.165) is 38.5 Å². The van der Waals surface area contributed by atoms with Crippen LogP contribution >= 0.6 is 0 Å². The van der Waals surface area contributed by atoms with Crippen LogP contribution in [0.4, 0.5) is 0 Å². The Kier molecular flexibility index (Phi) is 4.65. The summed E-state index contributed by atoms with van der Waals surface area (Å²) in [4.78, 5) is 6.38. The number of nitrogens with one attached hydrogen (secondary N) is 1. The zero-order valence-electron chi connectivity index (χ0n) is 12.4. The number of imidazole rings is 1. The third-order valence-corrected chi connectivity index (χ3v) is 3.71. The minimum absolute atomic E-state index is 0.300. The van der Waals surface area contributed by atoms with E-state index in [4.69, 9.17) is 4.74 Å². The van der Waals surface area contributed by atoms with Gasteiger partial charge in [-0.1, -0.05) is 12.1 Å². The fourth-order valence-corrected chi connectivity index (χ4v) is 2.65. The van der Waals surface area contributed by atoms with Gasteiger partial charge in [-0.25, -0.2) is 4.98 Å². The first kappa shape index (κ1) is 14.3. The maximum atomic E-state index is 5.74. The van der Waals surface area contributed by atoms with Crippen molar-refractivity contribution in [3.8, 4) is 5.69 Å². The minimum atomic E-state index is 0.300. The Morgan fingerprint density at radius 1 is 1.38 bits per heavy atom. The van der Waals surface area contributed by atoms with Crippen molar-refractivity contribution < 1.29 is 4.74 Å². The van der Waals surface area contributed by atoms with Gasteiger partial charge in [-0.3, -0.25) is 4.90 Å². The molecule has 1 aromatic carbocycles. The number of benzene rings is 1. The van der Waals surface area contributed by atoms with Crippen LogP contribution < -0.4 is 5.32 Å². The molecule has 1 aromatic heterocycles. The SMILES string of the molecule is CN(Cc1ccc(-n2ccnc2)cc1)CC1CNCCO1. The van der Waals surface area contributed by atoms with E-state index in [1.165, 1.54) is 5.56 Å². The highest BCUT2D eigenvalue weighted by Gasteiger charge is 2.15. The molecule has 0 amide bonds. The Labute approximate surface area is 125 Å². The van der Waals surface area contributed by atoms with E-state index >= 15 is 0 Å². The van der Waals surface area contributed by atoms with Crippen molar-refractivity contribution in [2.45, 2.75) is 12.6 Å². The molecule has 1 saturated heterocycles. The van der Waals surface area contributed by atoms with Gasteiger partial charge in [0.2, 0.25) is 0 Å². The fraction of sp³-hybridized carbons (Fsp3) is 0.438. The smallest absolute Gasteiger partial charge is 0.0991 e. The van der Waals surface area contributed by atoms with E-state index in [0.29, 0.717) is 6.10 Å². The zero-order chi connectivity index (χ0) is 14.5. The van der Waals surface area contributed by atoms with Crippen LogP contribution in [0.15, 0.2) is 43.0 Å². The van der Waals surface area contributed by atoms with Crippen LogP contribution in [0.1, 0.15) is 5.56 Å². The Morgan fingerprint density at radius 3 is 2.90 bits per heavy atom. The molecule has 21 heavy (non-hydrogen) atoms. The van der Waals surface area contributed by atoms with Crippen molar-refractivity contribution in [2.24, 2.45) is 0 Å². The fourth-order valence-electron chi connectivity index (χ4n) is 2.65. The lowest BCUT2D eigenvalue weighted by Gasteiger charge is -2.28. The van der Waals surface area contributed by atoms with Crippen molar-refractivity contribution in [3.05, 3.63) is 48.5 Å². The summed E-state index contributed by atoms with van der Waals surface area (Å²) < 4.78 is 7.75. The first-order chi connectivity index (χ1) is 10.3. The third kappa shape index (κ3) is 3.91. The van der Waals surface area contributed by atoms with Crippen LogP contribution in [0.3, 0.4) is 0 Å². The van der Waals surface area contributed by atoms with Crippen molar-refractivity contribution in [1.29, 1.82) is 0 Å². The Bertz CT molecular complexity index is 532. The van der Waals surface area contributed by atoms with Crippen LogP contribution in [-0.4, -0.2) is 53.8 Å². The van der Waals surface area contributed by atoms with Gasteiger partial charge in [0.05, 0.1) is 19.0 Å². The molecule has 1 N–H and O–H groups in total. The molecule has 0 bridgehead atoms. The Hall–Kier alpha value is -1.69. The second kappa shape index (κ2) is 6.85. The summed E-state index contributed by atoms with van der Waals surface area (Å²) in [5.41, 5.74) is 2.45. The van der Waals surface area contributed by atoms with E-state index in [-0.39, 0.29) is 0 Å². The molecule has 1 aliphatic rings. The summed E-state index contributed by atoms with van der Waals surface area (Å²) in [6, 6.07) is 8.60. The highest BCUT2D eigenvalue weighted by atomic mass is 16.5. The third-order valence-electron chi connectivity index (χ3n) is 3.71. The van der Waals surface area contributed by atoms with E-state index < -0.39 is 0 Å². The number of morpholine rings is 1. The molecule has 1 aliphatic heterocycles. The standard InChI is InChI=1S/C16H22N4O/c1-19(12-16-10-17-7-9-21-16)11-14-2-4-15(5-3-14)20-8-6-18-13-20/h2-6,8,13,16-17H,7,9-12H2,1H3. The van der Waals surface area contributed by atoms with Crippen LogP contribution in [0, 0.1) is 0 Å². The van der Waals surface area contributed by atoms with E-state index in [1.807, 2.05) is 17.1 Å². The number of hydrogen-bond acceptors (Lipinski definition) is 4. The van der Waals surface area contributed by atoms with Gasteiger partial charge >= 0.3 is 0 Å². The quantitative estimate of drug-likeness (QED) is 0.899. The van der Waals surface area contributed by atoms with Gasteiger partial charge < -0.3 is 14.6 Å². The van der Waals surface area contributed by atoms with E-state index in [9.17, 15) is 0 Å². The highest BCUT2D eigenvalue weighted by molar-refractivity contribution is 5.34. The van der Waals surface area contributed by atoms with Crippen molar-refractivity contribution in [1.82, 2.24) is 19.8 Å². The molecular weight excluding hydrogens is 264 g/mol. The summed E-state index contributed by atoms with van der Waals surface area (Å²) in [5, 5.41) is 3.37. The average molecular weight is 286 g/mol. The van der Waals surface area contributed by atoms with Gasteiger partial charge in [0.15, 0.2) is 0 Å². The number of nitrogens with zero attached hydrogens (tertiary/aromatic N) is 3. The summed E-state index contributed by atoms with van der Waals surface area (Å²) in [6.07, 6.45) is 5.86. The second-order valence-electron chi connectivity index (χ2n) is 5.53. The molecule has 0 aliphatic carbocycles. The lowest BCUT2D eigenvalue weighted by Crippen LogP contribution is -2.44. The van der Waals surface area contributed by atoms with Crippen molar-refractivity contribution in [2.75, 3.05) is 33.3 Å². The molecule has 2 aromatic rings. The number of hydrogen-bond donors (Lipinski definition) is 1. The second-order valence-corrected chi connectivity index (χ2v) is 5.53. The van der Waals surface area contributed by atoms with Gasteiger partial charge in [0, 0.05) is 44.3 Å². The largest absolute Gasteiger partial charge is 0.374 e. The summed E-state index contributed by atoms with van der Waals surface area (Å²) in [6.45, 7) is 4.62. The Balaban J connectivity index is 1.54. The van der Waals surface area contributed by atoms with Gasteiger partial charge in [-0.15, -0.1) is 0 Å². The maximum Gasteiger partial charge on any atom is 0.0991 e. The molecule has 5 nitrogen and oxygen atoms in total. The van der Waals surface area contributed by atoms with Crippen LogP contribution in [0.25, 0.3) is 5.69 Å². The molecular formula is C16H22N4O. The Morgan fingerprint density at radius 2 is 2.24 bits per heavy atom. The van der Waals surface area contributed by atoms with Gasteiger partial charge in [0.25, 0.3) is 0 Å². The van der Waals surface area contributed by atoms with Crippen molar-refractivity contribution in [3.63, 3.8) is 0 Å². The molecule has 2 heterocycles. The summed E-state index contributed by atoms with van der Waals surface area (Å²) >= 11 is 0. The van der Waals surface area contributed by atoms with Gasteiger partial charge in [-0.2, -0.15) is 0 Å². The minimum Gasteiger partial charge on any atom is -0.374 e. The lowest BCUT2D eigenvalue weighted by atomic mass is 10.2. The maximum absolute atomic E-state index is 5.74. The number of rotatable bonds is 5. The molecule has 3 rings (SSSR count). The van der Waals surface area contributed by atoms with Crippen LogP contribution in [0.5, 0.6) is 0 Å². The van der Waals surface area contributed by atoms with Gasteiger partial charge in [-0.05, 0) is 24.7 Å². The highest BCUT2D eigenvalue weighted by Crippen LogP contribution is 2.11. The molecule has 5 heteroatoms. The molecule has 1 unspecified atom stereocenters. The lowest BCUT2D eigenvalue weighted by molar-refractivity contribution is 0.00885. The normalized spacial score (nSPS) is 19.0. The first-order valence-corrected chi connectivity index (χ1v) is 7.39. The van der Waals surface area contributed by atoms with Crippen LogP contribution in [0.2, 0.25) is 0 Å². The topological polar surface area (TPSA) is 42.3 Å². The monoisotopic (exact) mass is 286 g/mol. The summed E-state index contributed by atoms with van der Waals surface area (Å²) in [5.74, 6) is 0. The average Bonchev–Trinajstić information content (AvgIpc) is 3.03. The molecule has 0 spiro atoms. The van der Waals surface area contributed by atoms with Gasteiger partial charge in [0.1, 0.15) is 0 Å². The number of aromatic nitrogens is 2. The van der Waals surface area contributed by atoms with Crippen molar-refractivity contribution >= 4 is 0 Å². The molecule has 112 valence electrons. The molecule has 0 saturated carbocycles. The predicted octanol–water partition coefficient (Wildman–Crippen LogP) is 1.29. The number of ether oxygens (including phenoxy) is 1. The van der Waals surface area contributed by atoms with E-state index in [1.54, 1.807) is 6.20 Å². The summed E-state index contributed by atoms with van der Waals surface area (Å²) in [7, 11) is 2.14. The van der Waals surface area contributed by atoms with Crippen LogP contribution in [-0.2, 0) is 11.3 Å². The molecule has 1 atom stereocenters.